The smallest absolute Gasteiger partial charge is 0.196 e. The molecule has 5 heteroatoms. The topological polar surface area (TPSA) is 0 Å². The Bertz CT molecular complexity index is 150. The van der Waals surface area contributed by atoms with Crippen molar-refractivity contribution in [3.8, 4) is 0 Å². The van der Waals surface area contributed by atoms with Gasteiger partial charge >= 0.3 is 12.1 Å². The van der Waals surface area contributed by atoms with Crippen molar-refractivity contribution in [1.82, 2.24) is 0 Å². The molecule has 74 valence electrons. The first-order valence-electron chi connectivity index (χ1n) is 3.40. The highest BCUT2D eigenvalue weighted by atomic mass is 19.4. The van der Waals surface area contributed by atoms with Crippen LogP contribution in [0.2, 0.25) is 0 Å². The van der Waals surface area contributed by atoms with E-state index in [2.05, 4.69) is 0 Å². The summed E-state index contributed by atoms with van der Waals surface area (Å²) in [5.74, 6) is -4.58. The van der Waals surface area contributed by atoms with Gasteiger partial charge in [0.1, 0.15) is 0 Å². The minimum Gasteiger partial charge on any atom is -0.196 e. The minimum absolute atomic E-state index is 1.03. The van der Waals surface area contributed by atoms with Crippen molar-refractivity contribution in [2.24, 2.45) is 5.41 Å². The van der Waals surface area contributed by atoms with Crippen LogP contribution in [0.25, 0.3) is 0 Å². The van der Waals surface area contributed by atoms with E-state index in [0.29, 0.717) is 0 Å². The van der Waals surface area contributed by atoms with Gasteiger partial charge in [0.2, 0.25) is 0 Å². The van der Waals surface area contributed by atoms with Gasteiger partial charge in [0, 0.05) is 6.42 Å². The highest BCUT2D eigenvalue weighted by molar-refractivity contribution is 4.81. The monoisotopic (exact) mass is 190 g/mol. The van der Waals surface area contributed by atoms with Crippen molar-refractivity contribution in [2.45, 2.75) is 39.3 Å². The summed E-state index contributed by atoms with van der Waals surface area (Å²) in [5, 5.41) is 0. The molecule has 0 aliphatic heterocycles. The second kappa shape index (κ2) is 2.85. The van der Waals surface area contributed by atoms with Gasteiger partial charge in [-0.25, -0.2) is 0 Å². The molecule has 0 atom stereocenters. The molecule has 0 aliphatic rings. The molecule has 0 bridgehead atoms. The predicted octanol–water partition coefficient (Wildman–Crippen LogP) is 3.62. The van der Waals surface area contributed by atoms with Crippen LogP contribution in [-0.2, 0) is 0 Å². The van der Waals surface area contributed by atoms with E-state index in [4.69, 9.17) is 0 Å². The maximum atomic E-state index is 12.3. The van der Waals surface area contributed by atoms with Gasteiger partial charge in [-0.2, -0.15) is 22.0 Å². The molecule has 0 saturated heterocycles. The van der Waals surface area contributed by atoms with E-state index in [1.54, 1.807) is 0 Å². The third kappa shape index (κ3) is 3.36. The van der Waals surface area contributed by atoms with E-state index >= 15 is 0 Å². The zero-order valence-electron chi connectivity index (χ0n) is 7.10. The van der Waals surface area contributed by atoms with Gasteiger partial charge in [0.25, 0.3) is 0 Å². The first-order chi connectivity index (χ1) is 4.96. The van der Waals surface area contributed by atoms with Gasteiger partial charge < -0.3 is 0 Å². The lowest BCUT2D eigenvalue weighted by Gasteiger charge is -2.27. The number of rotatable bonds is 1. The summed E-state index contributed by atoms with van der Waals surface area (Å²) in [4.78, 5) is 0. The summed E-state index contributed by atoms with van der Waals surface area (Å²) in [6.45, 7) is 4.02. The number of halogens is 5. The second-order valence-corrected chi connectivity index (χ2v) is 3.94. The fourth-order valence-electron chi connectivity index (χ4n) is 0.766. The number of hydrogen-bond donors (Lipinski definition) is 0. The molecule has 0 aromatic heterocycles. The molecule has 0 rings (SSSR count). The molecule has 0 saturated carbocycles. The van der Waals surface area contributed by atoms with Crippen LogP contribution in [0.5, 0.6) is 0 Å². The average molecular weight is 190 g/mol. The quantitative estimate of drug-likeness (QED) is 0.554. The normalized spacial score (nSPS) is 15.0. The van der Waals surface area contributed by atoms with Crippen LogP contribution in [-0.4, -0.2) is 12.1 Å². The Labute approximate surface area is 67.8 Å². The van der Waals surface area contributed by atoms with Gasteiger partial charge in [0.15, 0.2) is 0 Å². The van der Waals surface area contributed by atoms with Gasteiger partial charge in [-0.3, -0.25) is 0 Å². The van der Waals surface area contributed by atoms with Crippen LogP contribution >= 0.6 is 0 Å². The number of hydrogen-bond acceptors (Lipinski definition) is 0. The molecule has 0 aromatic carbocycles. The van der Waals surface area contributed by atoms with Gasteiger partial charge in [0.05, 0.1) is 0 Å². The van der Waals surface area contributed by atoms with Crippen molar-refractivity contribution < 1.29 is 22.0 Å². The van der Waals surface area contributed by atoms with Gasteiger partial charge in [-0.1, -0.05) is 20.8 Å². The van der Waals surface area contributed by atoms with Crippen molar-refractivity contribution in [1.29, 1.82) is 0 Å². The second-order valence-electron chi connectivity index (χ2n) is 3.94. The predicted molar refractivity (Wildman–Crippen MR) is 35.1 cm³/mol. The van der Waals surface area contributed by atoms with Gasteiger partial charge in [-0.15, -0.1) is 0 Å². The van der Waals surface area contributed by atoms with E-state index in [1.807, 2.05) is 0 Å². The Morgan fingerprint density at radius 1 is 0.833 bits per heavy atom. The average Bonchev–Trinajstić information content (AvgIpc) is 1.52. The first kappa shape index (κ1) is 11.6. The molecule has 0 heterocycles. The van der Waals surface area contributed by atoms with Gasteiger partial charge in [-0.05, 0) is 5.41 Å². The summed E-state index contributed by atoms with van der Waals surface area (Å²) in [5.41, 5.74) is -1.03. The number of alkyl halides is 5. The van der Waals surface area contributed by atoms with E-state index < -0.39 is 23.9 Å². The maximum Gasteiger partial charge on any atom is 0.453 e. The highest BCUT2D eigenvalue weighted by Crippen LogP contribution is 2.43. The highest BCUT2D eigenvalue weighted by Gasteiger charge is 2.58. The van der Waals surface area contributed by atoms with Crippen LogP contribution < -0.4 is 0 Å². The zero-order chi connectivity index (χ0) is 10.2. The minimum atomic E-state index is -5.43. The SMILES string of the molecule is CC(C)(C)CC(F)(F)C(F)(F)F. The fourth-order valence-corrected chi connectivity index (χ4v) is 0.766. The lowest BCUT2D eigenvalue weighted by atomic mass is 9.88. The van der Waals surface area contributed by atoms with Crippen LogP contribution in [0.3, 0.4) is 0 Å². The molecule has 0 spiro atoms. The molecule has 0 nitrogen and oxygen atoms in total. The molecule has 0 aliphatic carbocycles. The summed E-state index contributed by atoms with van der Waals surface area (Å²) < 4.78 is 59.4. The van der Waals surface area contributed by atoms with Crippen LogP contribution in [0, 0.1) is 5.41 Å². The molecule has 0 radical (unpaired) electrons. The molecule has 0 fully saturated rings. The summed E-state index contributed by atoms with van der Waals surface area (Å²) in [6.07, 6.45) is -6.61. The molecule has 0 unspecified atom stereocenters. The lowest BCUT2D eigenvalue weighted by molar-refractivity contribution is -0.291. The fraction of sp³-hybridized carbons (Fsp3) is 1.00. The zero-order valence-corrected chi connectivity index (χ0v) is 7.10. The maximum absolute atomic E-state index is 12.3. The third-order valence-electron chi connectivity index (χ3n) is 1.17. The standard InChI is InChI=1S/C7H11F5/c1-5(2,3)4-6(8,9)7(10,11)12/h4H2,1-3H3. The van der Waals surface area contributed by atoms with Crippen molar-refractivity contribution in [3.05, 3.63) is 0 Å². The van der Waals surface area contributed by atoms with Crippen LogP contribution in [0.4, 0.5) is 22.0 Å². The Kier molecular flexibility index (Phi) is 2.77. The molecular weight excluding hydrogens is 179 g/mol. The lowest BCUT2D eigenvalue weighted by Crippen LogP contribution is -2.39. The van der Waals surface area contributed by atoms with E-state index in [9.17, 15) is 22.0 Å². The van der Waals surface area contributed by atoms with E-state index in [1.165, 1.54) is 20.8 Å². The third-order valence-corrected chi connectivity index (χ3v) is 1.17. The van der Waals surface area contributed by atoms with E-state index in [0.717, 1.165) is 0 Å². The van der Waals surface area contributed by atoms with Crippen molar-refractivity contribution >= 4 is 0 Å². The molecule has 0 aromatic rings. The molecule has 0 N–H and O–H groups in total. The summed E-state index contributed by atoms with van der Waals surface area (Å²) in [6, 6.07) is 0. The van der Waals surface area contributed by atoms with Crippen molar-refractivity contribution in [3.63, 3.8) is 0 Å². The Hall–Kier alpha value is -0.350. The summed E-state index contributed by atoms with van der Waals surface area (Å²) >= 11 is 0. The van der Waals surface area contributed by atoms with Crippen LogP contribution in [0.15, 0.2) is 0 Å². The van der Waals surface area contributed by atoms with Crippen LogP contribution in [0.1, 0.15) is 27.2 Å². The Morgan fingerprint density at radius 3 is 1.25 bits per heavy atom. The Morgan fingerprint density at radius 2 is 1.17 bits per heavy atom. The van der Waals surface area contributed by atoms with E-state index in [-0.39, 0.29) is 0 Å². The summed E-state index contributed by atoms with van der Waals surface area (Å²) in [7, 11) is 0. The Balaban J connectivity index is 4.44. The largest absolute Gasteiger partial charge is 0.453 e. The van der Waals surface area contributed by atoms with Crippen molar-refractivity contribution in [2.75, 3.05) is 0 Å². The molecule has 12 heavy (non-hydrogen) atoms. The molecule has 0 amide bonds. The molecular formula is C7H11F5. The first-order valence-corrected chi connectivity index (χ1v) is 3.40.